The topological polar surface area (TPSA) is 32.3 Å². The lowest BCUT2D eigenvalue weighted by Crippen LogP contribution is -2.31. The van der Waals surface area contributed by atoms with Crippen molar-refractivity contribution in [1.82, 2.24) is 5.32 Å². The summed E-state index contributed by atoms with van der Waals surface area (Å²) >= 11 is 0. The van der Waals surface area contributed by atoms with Crippen molar-refractivity contribution in [3.05, 3.63) is 35.4 Å². The van der Waals surface area contributed by atoms with Crippen LogP contribution in [0.25, 0.3) is 0 Å². The zero-order valence-corrected chi connectivity index (χ0v) is 12.2. The molecule has 2 nitrogen and oxygen atoms in total. The fourth-order valence-corrected chi connectivity index (χ4v) is 3.22. The van der Waals surface area contributed by atoms with Gasteiger partial charge in [0.05, 0.1) is 6.10 Å². The number of aliphatic hydroxyl groups is 1. The maximum absolute atomic E-state index is 10.3. The van der Waals surface area contributed by atoms with E-state index in [1.54, 1.807) is 0 Å². The van der Waals surface area contributed by atoms with Crippen molar-refractivity contribution in [2.75, 3.05) is 7.05 Å². The number of nitrogens with one attached hydrogen (secondary N) is 1. The Bertz CT molecular complexity index is 363. The van der Waals surface area contributed by atoms with E-state index in [4.69, 9.17) is 0 Å². The van der Waals surface area contributed by atoms with E-state index < -0.39 is 6.10 Å². The highest BCUT2D eigenvalue weighted by Crippen LogP contribution is 2.33. The molecule has 1 aromatic carbocycles. The zero-order chi connectivity index (χ0) is 13.7. The van der Waals surface area contributed by atoms with E-state index in [9.17, 15) is 5.11 Å². The third kappa shape index (κ3) is 3.58. The number of hydrogen-bond donors (Lipinski definition) is 2. The van der Waals surface area contributed by atoms with Gasteiger partial charge in [0.2, 0.25) is 0 Å². The van der Waals surface area contributed by atoms with Crippen molar-refractivity contribution in [3.8, 4) is 0 Å². The number of hydrogen-bond acceptors (Lipinski definition) is 2. The van der Waals surface area contributed by atoms with Crippen LogP contribution < -0.4 is 5.32 Å². The number of likely N-dealkylation sites (N-methyl/N-ethyl adjacent to an activating group) is 1. The molecule has 0 aliphatic heterocycles. The summed E-state index contributed by atoms with van der Waals surface area (Å²) < 4.78 is 0. The molecule has 1 aliphatic carbocycles. The van der Waals surface area contributed by atoms with Crippen LogP contribution in [0.5, 0.6) is 0 Å². The van der Waals surface area contributed by atoms with Gasteiger partial charge in [-0.3, -0.25) is 0 Å². The average Bonchev–Trinajstić information content (AvgIpc) is 2.49. The average molecular weight is 261 g/mol. The molecule has 0 heterocycles. The predicted octanol–water partition coefficient (Wildman–Crippen LogP) is 3.77. The highest BCUT2D eigenvalue weighted by atomic mass is 16.3. The molecule has 1 saturated carbocycles. The van der Waals surface area contributed by atoms with Crippen LogP contribution in [0.15, 0.2) is 24.3 Å². The standard InChI is InChI=1S/C17H27NO/c1-3-16(18-2)17(19)15-11-9-14(10-12-15)13-7-5-4-6-8-13/h9-13,16-19H,3-8H2,1-2H3. The molecule has 1 aliphatic rings. The molecular formula is C17H27NO. The van der Waals surface area contributed by atoms with Crippen molar-refractivity contribution >= 4 is 0 Å². The summed E-state index contributed by atoms with van der Waals surface area (Å²) in [5.74, 6) is 0.742. The highest BCUT2D eigenvalue weighted by molar-refractivity contribution is 5.27. The first-order valence-electron chi connectivity index (χ1n) is 7.71. The molecule has 2 N–H and O–H groups in total. The summed E-state index contributed by atoms with van der Waals surface area (Å²) in [4.78, 5) is 0. The Balaban J connectivity index is 2.04. The molecule has 0 aromatic heterocycles. The lowest BCUT2D eigenvalue weighted by molar-refractivity contribution is 0.130. The summed E-state index contributed by atoms with van der Waals surface area (Å²) in [5, 5.41) is 13.5. The fraction of sp³-hybridized carbons (Fsp3) is 0.647. The maximum Gasteiger partial charge on any atom is 0.0942 e. The Labute approximate surface area is 117 Å². The van der Waals surface area contributed by atoms with Crippen LogP contribution in [0.4, 0.5) is 0 Å². The quantitative estimate of drug-likeness (QED) is 0.845. The summed E-state index contributed by atoms with van der Waals surface area (Å²) in [7, 11) is 1.91. The second-order valence-corrected chi connectivity index (χ2v) is 5.75. The first-order valence-corrected chi connectivity index (χ1v) is 7.71. The van der Waals surface area contributed by atoms with Gasteiger partial charge in [0, 0.05) is 6.04 Å². The number of aliphatic hydroxyl groups excluding tert-OH is 1. The molecule has 1 aromatic rings. The number of benzene rings is 1. The Hall–Kier alpha value is -0.860. The Kier molecular flexibility index (Phi) is 5.41. The molecule has 1 fully saturated rings. The van der Waals surface area contributed by atoms with Crippen LogP contribution in [0.2, 0.25) is 0 Å². The van der Waals surface area contributed by atoms with Gasteiger partial charge in [0.1, 0.15) is 0 Å². The van der Waals surface area contributed by atoms with Crippen LogP contribution in [-0.2, 0) is 0 Å². The smallest absolute Gasteiger partial charge is 0.0942 e. The van der Waals surface area contributed by atoms with Crippen molar-refractivity contribution < 1.29 is 5.11 Å². The Morgan fingerprint density at radius 1 is 1.16 bits per heavy atom. The maximum atomic E-state index is 10.3. The van der Waals surface area contributed by atoms with E-state index in [2.05, 4.69) is 36.5 Å². The molecule has 0 spiro atoms. The van der Waals surface area contributed by atoms with Crippen LogP contribution in [0.1, 0.15) is 68.6 Å². The molecular weight excluding hydrogens is 234 g/mol. The van der Waals surface area contributed by atoms with Gasteiger partial charge in [-0.05, 0) is 43.4 Å². The highest BCUT2D eigenvalue weighted by Gasteiger charge is 2.19. The minimum Gasteiger partial charge on any atom is -0.387 e. The van der Waals surface area contributed by atoms with Gasteiger partial charge in [-0.25, -0.2) is 0 Å². The summed E-state index contributed by atoms with van der Waals surface area (Å²) in [6.07, 6.45) is 7.32. The summed E-state index contributed by atoms with van der Waals surface area (Å²) in [5.41, 5.74) is 2.48. The van der Waals surface area contributed by atoms with Gasteiger partial charge in [0.25, 0.3) is 0 Å². The second-order valence-electron chi connectivity index (χ2n) is 5.75. The molecule has 2 atom stereocenters. The summed E-state index contributed by atoms with van der Waals surface area (Å²) in [6.45, 7) is 2.10. The van der Waals surface area contributed by atoms with Crippen molar-refractivity contribution in [2.24, 2.45) is 0 Å². The second kappa shape index (κ2) is 7.06. The van der Waals surface area contributed by atoms with E-state index in [-0.39, 0.29) is 6.04 Å². The fourth-order valence-electron chi connectivity index (χ4n) is 3.22. The third-order valence-electron chi connectivity index (χ3n) is 4.55. The van der Waals surface area contributed by atoms with Gasteiger partial charge < -0.3 is 10.4 Å². The van der Waals surface area contributed by atoms with Gasteiger partial charge in [-0.1, -0.05) is 50.5 Å². The van der Waals surface area contributed by atoms with E-state index in [0.29, 0.717) is 0 Å². The molecule has 0 saturated heterocycles. The van der Waals surface area contributed by atoms with Gasteiger partial charge >= 0.3 is 0 Å². The molecule has 0 amide bonds. The largest absolute Gasteiger partial charge is 0.387 e. The zero-order valence-electron chi connectivity index (χ0n) is 12.2. The first kappa shape index (κ1) is 14.5. The van der Waals surface area contributed by atoms with Crippen molar-refractivity contribution in [1.29, 1.82) is 0 Å². The Morgan fingerprint density at radius 2 is 1.79 bits per heavy atom. The SMILES string of the molecule is CCC(NC)C(O)c1ccc(C2CCCCC2)cc1. The first-order chi connectivity index (χ1) is 9.26. The molecule has 0 radical (unpaired) electrons. The van der Waals surface area contributed by atoms with E-state index in [1.807, 2.05) is 7.05 Å². The van der Waals surface area contributed by atoms with Crippen LogP contribution >= 0.6 is 0 Å². The number of rotatable bonds is 5. The van der Waals surface area contributed by atoms with Gasteiger partial charge in [0.15, 0.2) is 0 Å². The van der Waals surface area contributed by atoms with E-state index >= 15 is 0 Å². The van der Waals surface area contributed by atoms with Crippen molar-refractivity contribution in [2.45, 2.75) is 63.5 Å². The predicted molar refractivity (Wildman–Crippen MR) is 80.4 cm³/mol. The molecule has 2 unspecified atom stereocenters. The lowest BCUT2D eigenvalue weighted by Gasteiger charge is -2.24. The Morgan fingerprint density at radius 3 is 2.32 bits per heavy atom. The molecule has 19 heavy (non-hydrogen) atoms. The van der Waals surface area contributed by atoms with Crippen LogP contribution in [0, 0.1) is 0 Å². The molecule has 2 heteroatoms. The minimum absolute atomic E-state index is 0.139. The van der Waals surface area contributed by atoms with E-state index in [1.165, 1.54) is 37.7 Å². The molecule has 0 bridgehead atoms. The monoisotopic (exact) mass is 261 g/mol. The summed E-state index contributed by atoms with van der Waals surface area (Å²) in [6, 6.07) is 8.79. The molecule has 106 valence electrons. The van der Waals surface area contributed by atoms with E-state index in [0.717, 1.165) is 17.9 Å². The van der Waals surface area contributed by atoms with Gasteiger partial charge in [-0.2, -0.15) is 0 Å². The minimum atomic E-state index is -0.407. The molecule has 2 rings (SSSR count). The van der Waals surface area contributed by atoms with Crippen LogP contribution in [0.3, 0.4) is 0 Å². The van der Waals surface area contributed by atoms with Crippen molar-refractivity contribution in [3.63, 3.8) is 0 Å². The van der Waals surface area contributed by atoms with Crippen LogP contribution in [-0.4, -0.2) is 18.2 Å². The lowest BCUT2D eigenvalue weighted by atomic mass is 9.83. The third-order valence-corrected chi connectivity index (χ3v) is 4.55. The normalized spacial score (nSPS) is 20.2. The van der Waals surface area contributed by atoms with Gasteiger partial charge in [-0.15, -0.1) is 0 Å².